The van der Waals surface area contributed by atoms with E-state index in [-0.39, 0.29) is 5.91 Å². The quantitative estimate of drug-likeness (QED) is 0.820. The van der Waals surface area contributed by atoms with Crippen molar-refractivity contribution < 1.29 is 4.79 Å². The molecule has 0 unspecified atom stereocenters. The number of rotatable bonds is 2. The van der Waals surface area contributed by atoms with Gasteiger partial charge in [0.1, 0.15) is 0 Å². The van der Waals surface area contributed by atoms with Crippen LogP contribution in [0.3, 0.4) is 0 Å². The molecule has 1 fully saturated rings. The van der Waals surface area contributed by atoms with Crippen LogP contribution in [0, 0.1) is 0 Å². The molecule has 0 saturated heterocycles. The average molecular weight is 283 g/mol. The summed E-state index contributed by atoms with van der Waals surface area (Å²) in [6, 6.07) is 5.67. The average Bonchev–Trinajstić information content (AvgIpc) is 2.74. The molecule has 0 aliphatic heterocycles. The molecule has 0 heterocycles. The monoisotopic (exact) mass is 282 g/mol. The zero-order chi connectivity index (χ0) is 11.5. The fourth-order valence-corrected chi connectivity index (χ4v) is 2.42. The van der Waals surface area contributed by atoms with Gasteiger partial charge >= 0.3 is 0 Å². The molecule has 3 N–H and O–H groups in total. The summed E-state index contributed by atoms with van der Waals surface area (Å²) in [6.45, 7) is 0. The Morgan fingerprint density at radius 2 is 2.06 bits per heavy atom. The van der Waals surface area contributed by atoms with E-state index >= 15 is 0 Å². The first-order valence-electron chi connectivity index (χ1n) is 5.52. The van der Waals surface area contributed by atoms with Crippen LogP contribution in [-0.2, 0) is 0 Å². The van der Waals surface area contributed by atoms with Gasteiger partial charge in [0, 0.05) is 16.2 Å². The second kappa shape index (κ2) is 4.87. The van der Waals surface area contributed by atoms with Crippen molar-refractivity contribution in [3.8, 4) is 0 Å². The SMILES string of the molecule is Nc1ccc(Br)cc1C(=O)NC1CCCC1. The Labute approximate surface area is 104 Å². The summed E-state index contributed by atoms with van der Waals surface area (Å²) in [5.74, 6) is -0.0642. The smallest absolute Gasteiger partial charge is 0.253 e. The van der Waals surface area contributed by atoms with E-state index in [1.807, 2.05) is 6.07 Å². The van der Waals surface area contributed by atoms with Crippen molar-refractivity contribution in [3.05, 3.63) is 28.2 Å². The van der Waals surface area contributed by atoms with Gasteiger partial charge in [-0.05, 0) is 31.0 Å². The number of carbonyl (C=O) groups excluding carboxylic acids is 1. The maximum Gasteiger partial charge on any atom is 0.253 e. The molecule has 86 valence electrons. The molecule has 0 bridgehead atoms. The molecule has 1 aliphatic rings. The number of amides is 1. The standard InChI is InChI=1S/C12H15BrN2O/c13-8-5-6-11(14)10(7-8)12(16)15-9-3-1-2-4-9/h5-7,9H,1-4,14H2,(H,15,16). The number of carbonyl (C=O) groups is 1. The van der Waals surface area contributed by atoms with Gasteiger partial charge in [-0.15, -0.1) is 0 Å². The highest BCUT2D eigenvalue weighted by Gasteiger charge is 2.19. The van der Waals surface area contributed by atoms with Crippen LogP contribution in [0.4, 0.5) is 5.69 Å². The second-order valence-corrected chi connectivity index (χ2v) is 5.10. The first kappa shape index (κ1) is 11.5. The molecule has 1 aromatic carbocycles. The van der Waals surface area contributed by atoms with E-state index in [1.165, 1.54) is 12.8 Å². The molecule has 0 spiro atoms. The molecule has 1 saturated carbocycles. The zero-order valence-electron chi connectivity index (χ0n) is 9.00. The Hall–Kier alpha value is -1.03. The first-order valence-corrected chi connectivity index (χ1v) is 6.32. The lowest BCUT2D eigenvalue weighted by Crippen LogP contribution is -2.33. The van der Waals surface area contributed by atoms with Crippen LogP contribution in [0.5, 0.6) is 0 Å². The van der Waals surface area contributed by atoms with Gasteiger partial charge in [0.05, 0.1) is 5.56 Å². The normalized spacial score (nSPS) is 16.3. The van der Waals surface area contributed by atoms with Crippen molar-refractivity contribution >= 4 is 27.5 Å². The van der Waals surface area contributed by atoms with Crippen LogP contribution in [-0.4, -0.2) is 11.9 Å². The first-order chi connectivity index (χ1) is 7.66. The third kappa shape index (κ3) is 2.55. The Bertz CT molecular complexity index is 400. The van der Waals surface area contributed by atoms with Gasteiger partial charge in [-0.1, -0.05) is 28.8 Å². The second-order valence-electron chi connectivity index (χ2n) is 4.19. The Kier molecular flexibility index (Phi) is 3.49. The fourth-order valence-electron chi connectivity index (χ4n) is 2.06. The van der Waals surface area contributed by atoms with Crippen molar-refractivity contribution in [1.29, 1.82) is 0 Å². The van der Waals surface area contributed by atoms with Crippen LogP contribution in [0.25, 0.3) is 0 Å². The summed E-state index contributed by atoms with van der Waals surface area (Å²) in [6.07, 6.45) is 4.58. The van der Waals surface area contributed by atoms with Crippen LogP contribution in [0.2, 0.25) is 0 Å². The Balaban J connectivity index is 2.10. The van der Waals surface area contributed by atoms with Crippen LogP contribution < -0.4 is 11.1 Å². The summed E-state index contributed by atoms with van der Waals surface area (Å²) in [5, 5.41) is 3.02. The lowest BCUT2D eigenvalue weighted by atomic mass is 10.1. The maximum absolute atomic E-state index is 12.0. The van der Waals surface area contributed by atoms with Crippen molar-refractivity contribution in [1.82, 2.24) is 5.32 Å². The molecule has 0 radical (unpaired) electrons. The number of anilines is 1. The molecular formula is C12H15BrN2O. The molecule has 1 aromatic rings. The highest BCUT2D eigenvalue weighted by atomic mass is 79.9. The topological polar surface area (TPSA) is 55.1 Å². The van der Waals surface area contributed by atoms with E-state index in [0.29, 0.717) is 17.3 Å². The number of nitrogens with two attached hydrogens (primary N) is 1. The fraction of sp³-hybridized carbons (Fsp3) is 0.417. The number of benzene rings is 1. The molecule has 1 amide bonds. The predicted octanol–water partition coefficient (Wildman–Crippen LogP) is 2.70. The van der Waals surface area contributed by atoms with E-state index in [4.69, 9.17) is 5.73 Å². The van der Waals surface area contributed by atoms with E-state index < -0.39 is 0 Å². The van der Waals surface area contributed by atoms with E-state index in [2.05, 4.69) is 21.2 Å². The van der Waals surface area contributed by atoms with E-state index in [1.54, 1.807) is 12.1 Å². The van der Waals surface area contributed by atoms with Crippen molar-refractivity contribution in [2.45, 2.75) is 31.7 Å². The third-order valence-electron chi connectivity index (χ3n) is 2.95. The molecule has 0 aromatic heterocycles. The van der Waals surface area contributed by atoms with Gasteiger partial charge in [-0.2, -0.15) is 0 Å². The minimum Gasteiger partial charge on any atom is -0.398 e. The number of nitrogens with one attached hydrogen (secondary N) is 1. The molecule has 4 heteroatoms. The zero-order valence-corrected chi connectivity index (χ0v) is 10.6. The lowest BCUT2D eigenvalue weighted by Gasteiger charge is -2.13. The number of hydrogen-bond donors (Lipinski definition) is 2. The number of hydrogen-bond acceptors (Lipinski definition) is 2. The minimum atomic E-state index is -0.0642. The summed E-state index contributed by atoms with van der Waals surface area (Å²) in [4.78, 5) is 12.0. The minimum absolute atomic E-state index is 0.0642. The van der Waals surface area contributed by atoms with Gasteiger partial charge in [0.2, 0.25) is 0 Å². The number of halogens is 1. The van der Waals surface area contributed by atoms with Crippen LogP contribution >= 0.6 is 15.9 Å². The van der Waals surface area contributed by atoms with Gasteiger partial charge in [-0.25, -0.2) is 0 Å². The van der Waals surface area contributed by atoms with Gasteiger partial charge in [0.25, 0.3) is 5.91 Å². The summed E-state index contributed by atoms with van der Waals surface area (Å²) in [7, 11) is 0. The Morgan fingerprint density at radius 1 is 1.38 bits per heavy atom. The van der Waals surface area contributed by atoms with E-state index in [0.717, 1.165) is 17.3 Å². The molecule has 16 heavy (non-hydrogen) atoms. The molecule has 2 rings (SSSR count). The van der Waals surface area contributed by atoms with Gasteiger partial charge < -0.3 is 11.1 Å². The Morgan fingerprint density at radius 3 is 2.75 bits per heavy atom. The highest BCUT2D eigenvalue weighted by Crippen LogP contribution is 2.21. The number of nitrogen functional groups attached to an aromatic ring is 1. The third-order valence-corrected chi connectivity index (χ3v) is 3.44. The van der Waals surface area contributed by atoms with Crippen LogP contribution in [0.1, 0.15) is 36.0 Å². The largest absolute Gasteiger partial charge is 0.398 e. The molecule has 1 aliphatic carbocycles. The van der Waals surface area contributed by atoms with Gasteiger partial charge in [-0.3, -0.25) is 4.79 Å². The van der Waals surface area contributed by atoms with Crippen molar-refractivity contribution in [3.63, 3.8) is 0 Å². The maximum atomic E-state index is 12.0. The van der Waals surface area contributed by atoms with Crippen molar-refractivity contribution in [2.75, 3.05) is 5.73 Å². The van der Waals surface area contributed by atoms with Crippen molar-refractivity contribution in [2.24, 2.45) is 0 Å². The summed E-state index contributed by atoms with van der Waals surface area (Å²) in [5.41, 5.74) is 6.87. The van der Waals surface area contributed by atoms with Crippen LogP contribution in [0.15, 0.2) is 22.7 Å². The summed E-state index contributed by atoms with van der Waals surface area (Å²) >= 11 is 3.34. The summed E-state index contributed by atoms with van der Waals surface area (Å²) < 4.78 is 0.873. The predicted molar refractivity (Wildman–Crippen MR) is 68.3 cm³/mol. The highest BCUT2D eigenvalue weighted by molar-refractivity contribution is 9.10. The molecule has 0 atom stereocenters. The van der Waals surface area contributed by atoms with Gasteiger partial charge in [0.15, 0.2) is 0 Å². The molecule has 3 nitrogen and oxygen atoms in total. The lowest BCUT2D eigenvalue weighted by molar-refractivity contribution is 0.0938. The van der Waals surface area contributed by atoms with E-state index in [9.17, 15) is 4.79 Å². The molecular weight excluding hydrogens is 268 g/mol.